The molecule has 0 aliphatic heterocycles. The first kappa shape index (κ1) is 19.8. The molecule has 0 saturated heterocycles. The molecule has 0 unspecified atom stereocenters. The Kier molecular flexibility index (Phi) is 6.36. The second-order valence-electron chi connectivity index (χ2n) is 6.02. The zero-order chi connectivity index (χ0) is 20.6. The van der Waals surface area contributed by atoms with Crippen molar-refractivity contribution in [3.05, 3.63) is 77.7 Å². The number of methoxy groups -OCH3 is 2. The van der Waals surface area contributed by atoms with Crippen LogP contribution in [0.2, 0.25) is 0 Å². The van der Waals surface area contributed by atoms with Gasteiger partial charge in [0.25, 0.3) is 5.91 Å². The Hall–Kier alpha value is -3.94. The number of rotatable bonds is 7. The Labute approximate surface area is 167 Å². The highest BCUT2D eigenvalue weighted by Crippen LogP contribution is 2.14. The number of hydrogen-bond donors (Lipinski definition) is 2. The summed E-state index contributed by atoms with van der Waals surface area (Å²) >= 11 is 0. The highest BCUT2D eigenvalue weighted by molar-refractivity contribution is 6.03. The van der Waals surface area contributed by atoms with E-state index in [0.29, 0.717) is 23.6 Å². The summed E-state index contributed by atoms with van der Waals surface area (Å²) in [7, 11) is 2.92. The summed E-state index contributed by atoms with van der Waals surface area (Å²) in [5.41, 5.74) is 2.01. The third kappa shape index (κ3) is 5.29. The summed E-state index contributed by atoms with van der Waals surface area (Å²) in [5, 5.41) is 5.83. The van der Waals surface area contributed by atoms with Crippen molar-refractivity contribution in [1.29, 1.82) is 0 Å². The van der Waals surface area contributed by atoms with Gasteiger partial charge in [-0.15, -0.1) is 0 Å². The van der Waals surface area contributed by atoms with E-state index < -0.39 is 11.9 Å². The molecule has 0 radical (unpaired) electrons. The molecule has 2 aromatic carbocycles. The average Bonchev–Trinajstić information content (AvgIpc) is 2.78. The van der Waals surface area contributed by atoms with Gasteiger partial charge in [0.2, 0.25) is 0 Å². The molecule has 1 amide bonds. The van der Waals surface area contributed by atoms with Gasteiger partial charge in [-0.2, -0.15) is 0 Å². The van der Waals surface area contributed by atoms with Gasteiger partial charge in [-0.25, -0.2) is 14.8 Å². The first-order valence-electron chi connectivity index (χ1n) is 8.77. The zero-order valence-corrected chi connectivity index (χ0v) is 16.0. The van der Waals surface area contributed by atoms with E-state index in [0.717, 1.165) is 11.3 Å². The van der Waals surface area contributed by atoms with Crippen LogP contribution < -0.4 is 15.4 Å². The number of carbonyl (C=O) groups excluding carboxylic acids is 2. The van der Waals surface area contributed by atoms with Crippen LogP contribution in [0.15, 0.2) is 60.9 Å². The van der Waals surface area contributed by atoms with Gasteiger partial charge in [0, 0.05) is 12.2 Å². The molecule has 0 spiro atoms. The number of aromatic nitrogens is 2. The molecule has 0 bridgehead atoms. The summed E-state index contributed by atoms with van der Waals surface area (Å²) in [6.07, 6.45) is 2.87. The minimum atomic E-state index is -0.479. The predicted molar refractivity (Wildman–Crippen MR) is 108 cm³/mol. The van der Waals surface area contributed by atoms with Gasteiger partial charge in [0.1, 0.15) is 17.3 Å². The molecule has 8 nitrogen and oxygen atoms in total. The number of amides is 1. The Bertz CT molecular complexity index is 988. The van der Waals surface area contributed by atoms with Crippen LogP contribution >= 0.6 is 0 Å². The summed E-state index contributed by atoms with van der Waals surface area (Å²) in [5.74, 6) is 0.431. The molecule has 148 valence electrons. The van der Waals surface area contributed by atoms with E-state index in [9.17, 15) is 9.59 Å². The first-order chi connectivity index (χ1) is 14.1. The van der Waals surface area contributed by atoms with E-state index in [4.69, 9.17) is 4.74 Å². The smallest absolute Gasteiger partial charge is 0.337 e. The monoisotopic (exact) mass is 392 g/mol. The van der Waals surface area contributed by atoms with E-state index in [1.54, 1.807) is 25.3 Å². The Balaban J connectivity index is 1.59. The van der Waals surface area contributed by atoms with Gasteiger partial charge in [-0.1, -0.05) is 18.2 Å². The van der Waals surface area contributed by atoms with E-state index in [-0.39, 0.29) is 5.69 Å². The third-order valence-electron chi connectivity index (χ3n) is 4.06. The number of carbonyl (C=O) groups is 2. The number of hydrogen-bond acceptors (Lipinski definition) is 7. The lowest BCUT2D eigenvalue weighted by molar-refractivity contribution is 0.0600. The molecule has 0 aliphatic rings. The van der Waals surface area contributed by atoms with Crippen molar-refractivity contribution in [2.45, 2.75) is 6.54 Å². The van der Waals surface area contributed by atoms with Crippen LogP contribution in [-0.4, -0.2) is 36.1 Å². The normalized spacial score (nSPS) is 10.1. The predicted octanol–water partition coefficient (Wildman–Crippen LogP) is 3.14. The van der Waals surface area contributed by atoms with Crippen LogP contribution in [0.1, 0.15) is 26.4 Å². The average molecular weight is 392 g/mol. The lowest BCUT2D eigenvalue weighted by Crippen LogP contribution is -2.15. The number of anilines is 2. The standard InChI is InChI=1S/C21H20N4O4/c1-28-17-8-6-14(7-9-17)11-23-19-13-22-18(12-24-19)20(26)25-16-5-3-4-15(10-16)21(27)29-2/h3-10,12-13H,11H2,1-2H3,(H,23,24)(H,25,26). The second-order valence-corrected chi connectivity index (χ2v) is 6.02. The van der Waals surface area contributed by atoms with Crippen molar-refractivity contribution in [3.63, 3.8) is 0 Å². The minimum Gasteiger partial charge on any atom is -0.497 e. The quantitative estimate of drug-likeness (QED) is 0.596. The van der Waals surface area contributed by atoms with E-state index in [1.165, 1.54) is 25.6 Å². The molecule has 0 aliphatic carbocycles. The Morgan fingerprint density at radius 2 is 1.79 bits per heavy atom. The van der Waals surface area contributed by atoms with Crippen LogP contribution in [0.3, 0.4) is 0 Å². The molecule has 1 aromatic heterocycles. The van der Waals surface area contributed by atoms with Crippen molar-refractivity contribution in [1.82, 2.24) is 9.97 Å². The van der Waals surface area contributed by atoms with Crippen molar-refractivity contribution in [2.75, 3.05) is 24.9 Å². The fraction of sp³-hybridized carbons (Fsp3) is 0.143. The van der Waals surface area contributed by atoms with E-state index >= 15 is 0 Å². The van der Waals surface area contributed by atoms with Crippen LogP contribution in [0.5, 0.6) is 5.75 Å². The van der Waals surface area contributed by atoms with Crippen molar-refractivity contribution < 1.29 is 19.1 Å². The van der Waals surface area contributed by atoms with E-state index in [2.05, 4.69) is 25.3 Å². The van der Waals surface area contributed by atoms with Crippen LogP contribution in [0.4, 0.5) is 11.5 Å². The van der Waals surface area contributed by atoms with Gasteiger partial charge in [0.05, 0.1) is 32.2 Å². The third-order valence-corrected chi connectivity index (χ3v) is 4.06. The number of ether oxygens (including phenoxy) is 2. The zero-order valence-electron chi connectivity index (χ0n) is 16.0. The maximum atomic E-state index is 12.4. The molecule has 8 heteroatoms. The van der Waals surface area contributed by atoms with Gasteiger partial charge in [-0.05, 0) is 35.9 Å². The highest BCUT2D eigenvalue weighted by atomic mass is 16.5. The summed E-state index contributed by atoms with van der Waals surface area (Å²) in [6, 6.07) is 14.1. The van der Waals surface area contributed by atoms with Crippen molar-refractivity contribution >= 4 is 23.4 Å². The number of nitrogens with one attached hydrogen (secondary N) is 2. The summed E-state index contributed by atoms with van der Waals surface area (Å²) in [6.45, 7) is 0.560. The molecule has 0 saturated carbocycles. The maximum Gasteiger partial charge on any atom is 0.337 e. The number of nitrogens with zero attached hydrogens (tertiary/aromatic N) is 2. The Morgan fingerprint density at radius 3 is 2.45 bits per heavy atom. The van der Waals surface area contributed by atoms with Crippen LogP contribution in [0.25, 0.3) is 0 Å². The maximum absolute atomic E-state index is 12.4. The van der Waals surface area contributed by atoms with Crippen molar-refractivity contribution in [2.24, 2.45) is 0 Å². The van der Waals surface area contributed by atoms with Crippen LogP contribution in [-0.2, 0) is 11.3 Å². The summed E-state index contributed by atoms with van der Waals surface area (Å²) in [4.78, 5) is 32.3. The van der Waals surface area contributed by atoms with Gasteiger partial charge in [0.15, 0.2) is 0 Å². The molecule has 0 atom stereocenters. The molecular formula is C21H20N4O4. The SMILES string of the molecule is COC(=O)c1cccc(NC(=O)c2cnc(NCc3ccc(OC)cc3)cn2)c1. The van der Waals surface area contributed by atoms with Crippen molar-refractivity contribution in [3.8, 4) is 5.75 Å². The number of esters is 1. The fourth-order valence-corrected chi connectivity index (χ4v) is 2.51. The highest BCUT2D eigenvalue weighted by Gasteiger charge is 2.11. The van der Waals surface area contributed by atoms with Gasteiger partial charge in [-0.3, -0.25) is 4.79 Å². The first-order valence-corrected chi connectivity index (χ1v) is 8.77. The molecule has 3 rings (SSSR count). The molecule has 2 N–H and O–H groups in total. The fourth-order valence-electron chi connectivity index (χ4n) is 2.51. The second kappa shape index (κ2) is 9.32. The van der Waals surface area contributed by atoms with Crippen LogP contribution in [0, 0.1) is 0 Å². The molecule has 29 heavy (non-hydrogen) atoms. The minimum absolute atomic E-state index is 0.156. The molecule has 1 heterocycles. The lowest BCUT2D eigenvalue weighted by Gasteiger charge is -2.08. The topological polar surface area (TPSA) is 102 Å². The lowest BCUT2D eigenvalue weighted by atomic mass is 10.2. The Morgan fingerprint density at radius 1 is 1.00 bits per heavy atom. The molecule has 0 fully saturated rings. The molecular weight excluding hydrogens is 372 g/mol. The largest absolute Gasteiger partial charge is 0.497 e. The van der Waals surface area contributed by atoms with Gasteiger partial charge < -0.3 is 20.1 Å². The number of benzene rings is 2. The molecule has 3 aromatic rings. The van der Waals surface area contributed by atoms with Gasteiger partial charge >= 0.3 is 5.97 Å². The van der Waals surface area contributed by atoms with E-state index in [1.807, 2.05) is 24.3 Å². The summed E-state index contributed by atoms with van der Waals surface area (Å²) < 4.78 is 9.80.